The molecule has 0 aromatic heterocycles. The van der Waals surface area contributed by atoms with Crippen LogP contribution in [0.4, 0.5) is 0 Å². The second-order valence-electron chi connectivity index (χ2n) is 4.61. The molecule has 0 aromatic rings. The molecule has 2 unspecified atom stereocenters. The van der Waals surface area contributed by atoms with E-state index in [2.05, 4.69) is 9.64 Å². The van der Waals surface area contributed by atoms with Gasteiger partial charge in [-0.25, -0.2) is 0 Å². The molecule has 2 N–H and O–H groups in total. The summed E-state index contributed by atoms with van der Waals surface area (Å²) >= 11 is 0. The summed E-state index contributed by atoms with van der Waals surface area (Å²) in [6.45, 7) is 4.45. The van der Waals surface area contributed by atoms with Gasteiger partial charge in [-0.05, 0) is 19.8 Å². The molecule has 16 heavy (non-hydrogen) atoms. The maximum atomic E-state index is 11.4. The number of carbonyl (C=O) groups is 1. The lowest BCUT2D eigenvalue weighted by Crippen LogP contribution is -2.48. The highest BCUT2D eigenvalue weighted by Crippen LogP contribution is 2.15. The lowest BCUT2D eigenvalue weighted by Gasteiger charge is -2.24. The standard InChI is InChI=1S/C11H22N2O3/c1-11(12,10(14)16-3)5-7-13-6-4-9(8-13)15-2/h9H,4-8,12H2,1-3H3. The first-order valence-electron chi connectivity index (χ1n) is 5.62. The Kier molecular flexibility index (Phi) is 4.70. The third kappa shape index (κ3) is 3.43. The minimum Gasteiger partial charge on any atom is -0.468 e. The highest BCUT2D eigenvalue weighted by Gasteiger charge is 2.31. The number of ether oxygens (including phenoxy) is 2. The predicted molar refractivity (Wildman–Crippen MR) is 61.1 cm³/mol. The molecule has 1 aliphatic heterocycles. The normalized spacial score (nSPS) is 25.4. The Balaban J connectivity index is 2.32. The van der Waals surface area contributed by atoms with Crippen molar-refractivity contribution in [2.24, 2.45) is 5.73 Å². The van der Waals surface area contributed by atoms with Gasteiger partial charge in [0.1, 0.15) is 5.54 Å². The molecule has 0 aromatic carbocycles. The smallest absolute Gasteiger partial charge is 0.325 e. The lowest BCUT2D eigenvalue weighted by molar-refractivity contribution is -0.146. The number of hydrogen-bond acceptors (Lipinski definition) is 5. The van der Waals surface area contributed by atoms with Gasteiger partial charge in [0.2, 0.25) is 0 Å². The van der Waals surface area contributed by atoms with Crippen LogP contribution in [-0.4, -0.2) is 56.4 Å². The molecule has 0 amide bonds. The van der Waals surface area contributed by atoms with E-state index in [1.807, 2.05) is 0 Å². The molecule has 1 saturated heterocycles. The van der Waals surface area contributed by atoms with E-state index in [9.17, 15) is 4.79 Å². The quantitative estimate of drug-likeness (QED) is 0.673. The molecule has 0 aliphatic carbocycles. The number of esters is 1. The lowest BCUT2D eigenvalue weighted by atomic mass is 9.99. The van der Waals surface area contributed by atoms with Gasteiger partial charge in [-0.3, -0.25) is 4.79 Å². The second kappa shape index (κ2) is 5.61. The van der Waals surface area contributed by atoms with E-state index in [4.69, 9.17) is 10.5 Å². The molecule has 0 spiro atoms. The molecule has 94 valence electrons. The summed E-state index contributed by atoms with van der Waals surface area (Å²) in [5, 5.41) is 0. The summed E-state index contributed by atoms with van der Waals surface area (Å²) < 4.78 is 9.94. The molecule has 0 radical (unpaired) electrons. The molecule has 1 aliphatic rings. The summed E-state index contributed by atoms with van der Waals surface area (Å²) in [7, 11) is 3.10. The minimum absolute atomic E-state index is 0.321. The molecular formula is C11H22N2O3. The number of hydrogen-bond donors (Lipinski definition) is 1. The van der Waals surface area contributed by atoms with Crippen molar-refractivity contribution in [3.8, 4) is 0 Å². The van der Waals surface area contributed by atoms with Gasteiger partial charge in [-0.15, -0.1) is 0 Å². The molecule has 2 atom stereocenters. The summed E-state index contributed by atoms with van der Waals surface area (Å²) in [5.74, 6) is -0.352. The van der Waals surface area contributed by atoms with Crippen LogP contribution >= 0.6 is 0 Å². The molecule has 5 nitrogen and oxygen atoms in total. The van der Waals surface area contributed by atoms with Crippen LogP contribution < -0.4 is 5.73 Å². The van der Waals surface area contributed by atoms with Crippen molar-refractivity contribution in [2.75, 3.05) is 33.9 Å². The molecule has 0 bridgehead atoms. The Bertz CT molecular complexity index is 243. The SMILES string of the molecule is COC(=O)C(C)(N)CCN1CCC(OC)C1. The molecule has 0 saturated carbocycles. The molecular weight excluding hydrogens is 208 g/mol. The van der Waals surface area contributed by atoms with Crippen LogP contribution in [0, 0.1) is 0 Å². The van der Waals surface area contributed by atoms with Crippen molar-refractivity contribution in [2.45, 2.75) is 31.4 Å². The highest BCUT2D eigenvalue weighted by atomic mass is 16.5. The number of rotatable bonds is 5. The fourth-order valence-corrected chi connectivity index (χ4v) is 1.92. The summed E-state index contributed by atoms with van der Waals surface area (Å²) in [6.07, 6.45) is 1.98. The maximum absolute atomic E-state index is 11.4. The van der Waals surface area contributed by atoms with Gasteiger partial charge < -0.3 is 20.1 Å². The summed E-state index contributed by atoms with van der Waals surface area (Å²) in [4.78, 5) is 13.6. The van der Waals surface area contributed by atoms with Gasteiger partial charge in [0.25, 0.3) is 0 Å². The number of carbonyl (C=O) groups excluding carboxylic acids is 1. The first-order chi connectivity index (χ1) is 7.49. The molecule has 5 heteroatoms. The van der Waals surface area contributed by atoms with Crippen molar-refractivity contribution >= 4 is 5.97 Å². The summed E-state index contributed by atoms with van der Waals surface area (Å²) in [6, 6.07) is 0. The fourth-order valence-electron chi connectivity index (χ4n) is 1.92. The molecule has 1 fully saturated rings. The minimum atomic E-state index is -0.889. The number of likely N-dealkylation sites (tertiary alicyclic amines) is 1. The van der Waals surface area contributed by atoms with E-state index in [0.29, 0.717) is 12.5 Å². The average Bonchev–Trinajstić information content (AvgIpc) is 2.73. The zero-order valence-corrected chi connectivity index (χ0v) is 10.4. The first kappa shape index (κ1) is 13.4. The number of nitrogens with zero attached hydrogens (tertiary/aromatic N) is 1. The Morgan fingerprint density at radius 3 is 2.75 bits per heavy atom. The van der Waals surface area contributed by atoms with Crippen molar-refractivity contribution in [1.29, 1.82) is 0 Å². The second-order valence-corrected chi connectivity index (χ2v) is 4.61. The molecule has 1 heterocycles. The monoisotopic (exact) mass is 230 g/mol. The Morgan fingerprint density at radius 1 is 1.56 bits per heavy atom. The van der Waals surface area contributed by atoms with Crippen LogP contribution in [-0.2, 0) is 14.3 Å². The Hall–Kier alpha value is -0.650. The third-order valence-electron chi connectivity index (χ3n) is 3.16. The van der Waals surface area contributed by atoms with E-state index in [0.717, 1.165) is 26.1 Å². The van der Waals surface area contributed by atoms with Crippen molar-refractivity contribution in [1.82, 2.24) is 4.90 Å². The van der Waals surface area contributed by atoms with Crippen molar-refractivity contribution < 1.29 is 14.3 Å². The van der Waals surface area contributed by atoms with Gasteiger partial charge in [0.15, 0.2) is 0 Å². The van der Waals surface area contributed by atoms with Crippen molar-refractivity contribution in [3.05, 3.63) is 0 Å². The maximum Gasteiger partial charge on any atom is 0.325 e. The topological polar surface area (TPSA) is 64.8 Å². The first-order valence-corrected chi connectivity index (χ1v) is 5.62. The average molecular weight is 230 g/mol. The van der Waals surface area contributed by atoms with Crippen molar-refractivity contribution in [3.63, 3.8) is 0 Å². The molecule has 1 rings (SSSR count). The highest BCUT2D eigenvalue weighted by molar-refractivity contribution is 5.79. The zero-order chi connectivity index (χ0) is 12.2. The van der Waals surface area contributed by atoms with Crippen LogP contribution in [0.15, 0.2) is 0 Å². The fraction of sp³-hybridized carbons (Fsp3) is 0.909. The van der Waals surface area contributed by atoms with Gasteiger partial charge in [-0.2, -0.15) is 0 Å². The number of methoxy groups -OCH3 is 2. The number of nitrogens with two attached hydrogens (primary N) is 1. The Labute approximate surface area is 96.9 Å². The van der Waals surface area contributed by atoms with E-state index in [1.165, 1.54) is 7.11 Å². The van der Waals surface area contributed by atoms with Crippen LogP contribution in [0.5, 0.6) is 0 Å². The van der Waals surface area contributed by atoms with Crippen LogP contribution in [0.1, 0.15) is 19.8 Å². The van der Waals surface area contributed by atoms with Crippen LogP contribution in [0.3, 0.4) is 0 Å². The summed E-state index contributed by atoms with van der Waals surface area (Å²) in [5.41, 5.74) is 4.99. The van der Waals surface area contributed by atoms with Gasteiger partial charge in [0, 0.05) is 26.7 Å². The van der Waals surface area contributed by atoms with Crippen LogP contribution in [0.25, 0.3) is 0 Å². The van der Waals surface area contributed by atoms with Gasteiger partial charge >= 0.3 is 5.97 Å². The Morgan fingerprint density at radius 2 is 2.25 bits per heavy atom. The van der Waals surface area contributed by atoms with Gasteiger partial charge in [-0.1, -0.05) is 0 Å². The largest absolute Gasteiger partial charge is 0.468 e. The van der Waals surface area contributed by atoms with Gasteiger partial charge in [0.05, 0.1) is 13.2 Å². The van der Waals surface area contributed by atoms with Crippen LogP contribution in [0.2, 0.25) is 0 Å². The third-order valence-corrected chi connectivity index (χ3v) is 3.16. The zero-order valence-electron chi connectivity index (χ0n) is 10.4. The van der Waals surface area contributed by atoms with E-state index in [-0.39, 0.29) is 5.97 Å². The van der Waals surface area contributed by atoms with E-state index in [1.54, 1.807) is 14.0 Å². The van der Waals surface area contributed by atoms with E-state index >= 15 is 0 Å². The van der Waals surface area contributed by atoms with E-state index < -0.39 is 5.54 Å². The predicted octanol–water partition coefficient (Wildman–Crippen LogP) is -0.0124.